The minimum Gasteiger partial charge on any atom is -0.396 e. The first-order valence-corrected chi connectivity index (χ1v) is 16.2. The molecule has 1 amide bonds. The fourth-order valence-electron chi connectivity index (χ4n) is 4.60. The van der Waals surface area contributed by atoms with Gasteiger partial charge in [-0.05, 0) is 59.6 Å². The van der Waals surface area contributed by atoms with Gasteiger partial charge < -0.3 is 19.5 Å². The van der Waals surface area contributed by atoms with Gasteiger partial charge in [-0.3, -0.25) is 9.59 Å². The van der Waals surface area contributed by atoms with E-state index in [0.29, 0.717) is 36.0 Å². The normalized spacial score (nSPS) is 11.3. The van der Waals surface area contributed by atoms with E-state index in [1.54, 1.807) is 34.8 Å². The SMILES string of the molecule is CCN(CC)CCN(C=O)Cc1ccc(-c2ccc(C(F)(F)F)cc2)cc1.Cn1cc(CCO)c(=O)nc1SCc1ccc(F)cc1. The second kappa shape index (κ2) is 18.4. The Labute approximate surface area is 276 Å². The summed E-state index contributed by atoms with van der Waals surface area (Å²) in [4.78, 5) is 31.0. The molecular weight excluding hydrogens is 632 g/mol. The highest BCUT2D eigenvalue weighted by Crippen LogP contribution is 2.31. The van der Waals surface area contributed by atoms with Crippen LogP contribution in [0.5, 0.6) is 0 Å². The first kappa shape index (κ1) is 37.5. The Morgan fingerprint density at radius 2 is 1.47 bits per heavy atom. The highest BCUT2D eigenvalue weighted by molar-refractivity contribution is 7.98. The molecule has 0 radical (unpaired) electrons. The molecule has 4 rings (SSSR count). The number of amides is 1. The summed E-state index contributed by atoms with van der Waals surface area (Å²) in [5.41, 5.74) is 3.05. The molecule has 0 atom stereocenters. The van der Waals surface area contributed by atoms with Gasteiger partial charge in [0.25, 0.3) is 5.56 Å². The zero-order valence-electron chi connectivity index (χ0n) is 26.7. The number of carbonyl (C=O) groups excluding carboxylic acids is 1. The molecule has 0 aliphatic carbocycles. The maximum atomic E-state index is 12.8. The van der Waals surface area contributed by atoms with Gasteiger partial charge in [0.2, 0.25) is 6.41 Å². The van der Waals surface area contributed by atoms with Crippen molar-refractivity contribution >= 4 is 18.2 Å². The molecule has 1 aromatic heterocycles. The number of likely N-dealkylation sites (N-methyl/N-ethyl adjacent to an activating group) is 1. The molecule has 7 nitrogen and oxygen atoms in total. The fraction of sp³-hybridized carbons (Fsp3) is 0.343. The molecule has 252 valence electrons. The molecule has 47 heavy (non-hydrogen) atoms. The van der Waals surface area contributed by atoms with Crippen LogP contribution < -0.4 is 5.56 Å². The van der Waals surface area contributed by atoms with Crippen molar-refractivity contribution in [2.24, 2.45) is 7.05 Å². The first-order valence-electron chi connectivity index (χ1n) is 15.2. The van der Waals surface area contributed by atoms with Crippen molar-refractivity contribution in [2.75, 3.05) is 32.8 Å². The summed E-state index contributed by atoms with van der Waals surface area (Å²) in [5.74, 6) is 0.345. The van der Waals surface area contributed by atoms with Gasteiger partial charge in [0.05, 0.1) is 5.56 Å². The molecule has 3 aromatic carbocycles. The topological polar surface area (TPSA) is 78.7 Å². The second-order valence-corrected chi connectivity index (χ2v) is 11.7. The summed E-state index contributed by atoms with van der Waals surface area (Å²) in [5, 5.41) is 9.47. The molecule has 1 heterocycles. The van der Waals surface area contributed by atoms with Crippen molar-refractivity contribution in [3.8, 4) is 11.1 Å². The molecule has 0 aliphatic heterocycles. The molecular formula is C35H40F4N4O3S. The van der Waals surface area contributed by atoms with Gasteiger partial charge in [0, 0.05) is 57.2 Å². The van der Waals surface area contributed by atoms with E-state index in [2.05, 4.69) is 23.7 Å². The van der Waals surface area contributed by atoms with E-state index in [1.807, 2.05) is 24.3 Å². The summed E-state index contributed by atoms with van der Waals surface area (Å²) >= 11 is 1.41. The van der Waals surface area contributed by atoms with Gasteiger partial charge in [0.15, 0.2) is 5.16 Å². The molecule has 4 aromatic rings. The van der Waals surface area contributed by atoms with E-state index < -0.39 is 11.7 Å². The number of benzene rings is 3. The summed E-state index contributed by atoms with van der Waals surface area (Å²) in [6.45, 7) is 8.01. The number of aliphatic hydroxyl groups is 1. The first-order chi connectivity index (χ1) is 22.5. The highest BCUT2D eigenvalue weighted by atomic mass is 32.2. The Balaban J connectivity index is 0.000000267. The van der Waals surface area contributed by atoms with Crippen LogP contribution in [-0.4, -0.2) is 63.7 Å². The van der Waals surface area contributed by atoms with Gasteiger partial charge in [-0.1, -0.05) is 74.1 Å². The molecule has 0 saturated carbocycles. The van der Waals surface area contributed by atoms with Crippen LogP contribution in [0.3, 0.4) is 0 Å². The maximum absolute atomic E-state index is 12.8. The minimum atomic E-state index is -4.33. The number of aryl methyl sites for hydroxylation is 1. The van der Waals surface area contributed by atoms with Crippen LogP contribution in [-0.2, 0) is 36.7 Å². The lowest BCUT2D eigenvalue weighted by Crippen LogP contribution is -2.34. The lowest BCUT2D eigenvalue weighted by atomic mass is 10.0. The average molecular weight is 673 g/mol. The number of hydrogen-bond acceptors (Lipinski definition) is 6. The minimum absolute atomic E-state index is 0.0704. The van der Waals surface area contributed by atoms with Gasteiger partial charge in [0.1, 0.15) is 5.82 Å². The van der Waals surface area contributed by atoms with E-state index in [9.17, 15) is 27.2 Å². The zero-order valence-corrected chi connectivity index (χ0v) is 27.5. The van der Waals surface area contributed by atoms with Crippen LogP contribution in [0.15, 0.2) is 88.9 Å². The van der Waals surface area contributed by atoms with Crippen molar-refractivity contribution in [1.82, 2.24) is 19.4 Å². The van der Waals surface area contributed by atoms with Crippen molar-refractivity contribution < 1.29 is 27.5 Å². The summed E-state index contributed by atoms with van der Waals surface area (Å²) in [7, 11) is 1.81. The monoisotopic (exact) mass is 672 g/mol. The molecule has 1 N–H and O–H groups in total. The smallest absolute Gasteiger partial charge is 0.396 e. The third-order valence-corrected chi connectivity index (χ3v) is 8.53. The predicted molar refractivity (Wildman–Crippen MR) is 177 cm³/mol. The van der Waals surface area contributed by atoms with Crippen LogP contribution in [0.25, 0.3) is 11.1 Å². The zero-order chi connectivity index (χ0) is 34.4. The van der Waals surface area contributed by atoms with Crippen molar-refractivity contribution in [3.63, 3.8) is 0 Å². The molecule has 12 heteroatoms. The molecule has 0 bridgehead atoms. The third-order valence-electron chi connectivity index (χ3n) is 7.42. The van der Waals surface area contributed by atoms with Crippen molar-refractivity contribution in [3.05, 3.63) is 117 Å². The van der Waals surface area contributed by atoms with Crippen LogP contribution in [0.2, 0.25) is 0 Å². The number of rotatable bonds is 14. The van der Waals surface area contributed by atoms with E-state index in [0.717, 1.165) is 60.4 Å². The van der Waals surface area contributed by atoms with Crippen LogP contribution in [0.4, 0.5) is 17.6 Å². The Morgan fingerprint density at radius 3 is 2.00 bits per heavy atom. The summed E-state index contributed by atoms with van der Waals surface area (Å²) in [6, 6.07) is 18.9. The quantitative estimate of drug-likeness (QED) is 0.0722. The number of aliphatic hydroxyl groups excluding tert-OH is 1. The number of aromatic nitrogens is 2. The highest BCUT2D eigenvalue weighted by Gasteiger charge is 2.30. The third kappa shape index (κ3) is 11.9. The fourth-order valence-corrected chi connectivity index (χ4v) is 5.50. The molecule has 0 unspecified atom stereocenters. The number of halogens is 4. The standard InChI is InChI=1S/C21H25F3N2O.C14H15FN2O2S/c1-3-25(4-2)13-14-26(16-27)15-17-5-7-18(8-6-17)19-9-11-20(12-10-19)21(22,23)24;1-17-8-11(6-7-18)13(19)16-14(17)20-9-10-2-4-12(15)5-3-10/h5-12,16H,3-4,13-15H2,1-2H3;2-5,8,18H,6-7,9H2,1H3. The number of thioether (sulfide) groups is 1. The maximum Gasteiger partial charge on any atom is 0.416 e. The number of carbonyl (C=O) groups is 1. The van der Waals surface area contributed by atoms with Gasteiger partial charge in [-0.25, -0.2) is 4.39 Å². The van der Waals surface area contributed by atoms with E-state index in [4.69, 9.17) is 5.11 Å². The van der Waals surface area contributed by atoms with E-state index in [1.165, 1.54) is 36.0 Å². The number of nitrogens with zero attached hydrogens (tertiary/aromatic N) is 4. The summed E-state index contributed by atoms with van der Waals surface area (Å²) < 4.78 is 52.5. The molecule has 0 spiro atoms. The van der Waals surface area contributed by atoms with Crippen molar-refractivity contribution in [1.29, 1.82) is 0 Å². The van der Waals surface area contributed by atoms with Gasteiger partial charge in [-0.2, -0.15) is 18.2 Å². The van der Waals surface area contributed by atoms with Crippen molar-refractivity contribution in [2.45, 2.75) is 43.9 Å². The van der Waals surface area contributed by atoms with Crippen LogP contribution >= 0.6 is 11.8 Å². The Bertz CT molecular complexity index is 1590. The van der Waals surface area contributed by atoms with Crippen LogP contribution in [0, 0.1) is 5.82 Å². The van der Waals surface area contributed by atoms with Gasteiger partial charge in [-0.15, -0.1) is 0 Å². The van der Waals surface area contributed by atoms with Gasteiger partial charge >= 0.3 is 6.18 Å². The molecule has 0 fully saturated rings. The lowest BCUT2D eigenvalue weighted by Gasteiger charge is -2.23. The Hall–Kier alpha value is -4.00. The summed E-state index contributed by atoms with van der Waals surface area (Å²) in [6.07, 6.45) is -1.47. The van der Waals surface area contributed by atoms with E-state index >= 15 is 0 Å². The number of alkyl halides is 3. The molecule has 0 saturated heterocycles. The second-order valence-electron chi connectivity index (χ2n) is 10.7. The van der Waals surface area contributed by atoms with E-state index in [-0.39, 0.29) is 18.0 Å². The Kier molecular flexibility index (Phi) is 14.6. The largest absolute Gasteiger partial charge is 0.416 e. The lowest BCUT2D eigenvalue weighted by molar-refractivity contribution is -0.137. The molecule has 0 aliphatic rings. The average Bonchev–Trinajstić information content (AvgIpc) is 3.06. The predicted octanol–water partition coefficient (Wildman–Crippen LogP) is 6.42. The van der Waals surface area contributed by atoms with Crippen LogP contribution in [0.1, 0.15) is 36.1 Å². The Morgan fingerprint density at radius 1 is 0.894 bits per heavy atom. The number of hydrogen-bond donors (Lipinski definition) is 1.